The first-order chi connectivity index (χ1) is 11.7. The van der Waals surface area contributed by atoms with Crippen LogP contribution in [0, 0.1) is 0 Å². The molecule has 1 saturated carbocycles. The van der Waals surface area contributed by atoms with Crippen molar-refractivity contribution in [2.45, 2.75) is 51.0 Å². The van der Waals surface area contributed by atoms with Gasteiger partial charge < -0.3 is 14.5 Å². The van der Waals surface area contributed by atoms with Gasteiger partial charge in [-0.3, -0.25) is 4.79 Å². The van der Waals surface area contributed by atoms with Crippen LogP contribution in [0.3, 0.4) is 0 Å². The Labute approximate surface area is 141 Å². The minimum atomic E-state index is -0.401. The molecule has 1 fully saturated rings. The second-order valence-electron chi connectivity index (χ2n) is 6.35. The number of rotatable bonds is 4. The van der Waals surface area contributed by atoms with E-state index in [1.54, 1.807) is 24.3 Å². The molecule has 1 aromatic carbocycles. The highest BCUT2D eigenvalue weighted by Gasteiger charge is 2.14. The molecule has 1 aliphatic rings. The molecular formula is C19H23NO4. The third-order valence-corrected chi connectivity index (χ3v) is 4.43. The van der Waals surface area contributed by atoms with Gasteiger partial charge in [0.2, 0.25) is 0 Å². The lowest BCUT2D eigenvalue weighted by Gasteiger charge is -2.21. The zero-order valence-electron chi connectivity index (χ0n) is 13.8. The van der Waals surface area contributed by atoms with E-state index in [0.29, 0.717) is 11.3 Å². The molecule has 1 aromatic heterocycles. The summed E-state index contributed by atoms with van der Waals surface area (Å²) in [6.45, 7) is -0.0287. The first-order valence-electron chi connectivity index (χ1n) is 8.67. The fraction of sp³-hybridized carbons (Fsp3) is 0.474. The van der Waals surface area contributed by atoms with Crippen molar-refractivity contribution in [3.63, 3.8) is 0 Å². The zero-order chi connectivity index (χ0) is 16.8. The molecule has 0 aliphatic heterocycles. The van der Waals surface area contributed by atoms with Crippen molar-refractivity contribution >= 4 is 16.9 Å². The Morgan fingerprint density at radius 1 is 1.08 bits per heavy atom. The summed E-state index contributed by atoms with van der Waals surface area (Å²) in [6.07, 6.45) is 8.27. The van der Waals surface area contributed by atoms with E-state index >= 15 is 0 Å². The van der Waals surface area contributed by atoms with Crippen LogP contribution in [0.15, 0.2) is 39.5 Å². The van der Waals surface area contributed by atoms with E-state index in [1.807, 2.05) is 0 Å². The predicted molar refractivity (Wildman–Crippen MR) is 92.2 cm³/mol. The van der Waals surface area contributed by atoms with Crippen LogP contribution in [-0.4, -0.2) is 18.6 Å². The third-order valence-electron chi connectivity index (χ3n) is 4.43. The maximum atomic E-state index is 12.1. The number of benzene rings is 1. The van der Waals surface area contributed by atoms with Gasteiger partial charge in [-0.1, -0.05) is 32.1 Å². The van der Waals surface area contributed by atoms with E-state index in [1.165, 1.54) is 38.2 Å². The standard InChI is InChI=1S/C19H23NO4/c21-18(20-15-6-4-2-1-3-5-7-15)13-23-16-10-8-14-9-11-19(22)24-17(14)12-16/h8-12,15H,1-7,13H2,(H,20,21). The van der Waals surface area contributed by atoms with E-state index in [0.717, 1.165) is 18.2 Å². The molecule has 1 aliphatic carbocycles. The van der Waals surface area contributed by atoms with Gasteiger partial charge in [-0.15, -0.1) is 0 Å². The second-order valence-corrected chi connectivity index (χ2v) is 6.35. The highest BCUT2D eigenvalue weighted by molar-refractivity contribution is 5.79. The third kappa shape index (κ3) is 4.60. The van der Waals surface area contributed by atoms with Crippen LogP contribution in [0.1, 0.15) is 44.9 Å². The van der Waals surface area contributed by atoms with E-state index < -0.39 is 5.63 Å². The average molecular weight is 329 g/mol. The lowest BCUT2D eigenvalue weighted by atomic mass is 9.97. The number of fused-ring (bicyclic) bond motifs is 1. The molecule has 0 saturated heterocycles. The van der Waals surface area contributed by atoms with Crippen LogP contribution in [-0.2, 0) is 4.79 Å². The monoisotopic (exact) mass is 329 g/mol. The zero-order valence-corrected chi connectivity index (χ0v) is 13.8. The van der Waals surface area contributed by atoms with Crippen LogP contribution in [0.2, 0.25) is 0 Å². The topological polar surface area (TPSA) is 68.5 Å². The smallest absolute Gasteiger partial charge is 0.336 e. The van der Waals surface area contributed by atoms with Gasteiger partial charge in [0, 0.05) is 23.6 Å². The maximum Gasteiger partial charge on any atom is 0.336 e. The summed E-state index contributed by atoms with van der Waals surface area (Å²) in [5.74, 6) is 0.417. The second kappa shape index (κ2) is 7.99. The quantitative estimate of drug-likeness (QED) is 0.873. The van der Waals surface area contributed by atoms with Crippen molar-refractivity contribution in [2.75, 3.05) is 6.61 Å². The van der Waals surface area contributed by atoms with E-state index in [-0.39, 0.29) is 18.6 Å². The van der Waals surface area contributed by atoms with Crippen molar-refractivity contribution in [3.05, 3.63) is 40.8 Å². The summed E-state index contributed by atoms with van der Waals surface area (Å²) in [7, 11) is 0. The molecule has 0 atom stereocenters. The molecule has 1 heterocycles. The highest BCUT2D eigenvalue weighted by atomic mass is 16.5. The summed E-state index contributed by atoms with van der Waals surface area (Å²) in [4.78, 5) is 23.4. The van der Waals surface area contributed by atoms with Gasteiger partial charge in [0.05, 0.1) is 0 Å². The molecule has 24 heavy (non-hydrogen) atoms. The van der Waals surface area contributed by atoms with Crippen LogP contribution < -0.4 is 15.7 Å². The van der Waals surface area contributed by atoms with Gasteiger partial charge in [0.1, 0.15) is 11.3 Å². The van der Waals surface area contributed by atoms with Crippen LogP contribution in [0.4, 0.5) is 0 Å². The van der Waals surface area contributed by atoms with Crippen molar-refractivity contribution < 1.29 is 13.9 Å². The normalized spacial score (nSPS) is 16.3. The summed E-state index contributed by atoms with van der Waals surface area (Å²) in [6, 6.07) is 8.55. The first-order valence-corrected chi connectivity index (χ1v) is 8.67. The molecule has 0 radical (unpaired) electrons. The SMILES string of the molecule is O=C(COc1ccc2ccc(=O)oc2c1)NC1CCCCCCC1. The number of carbonyl (C=O) groups is 1. The molecule has 0 spiro atoms. The van der Waals surface area contributed by atoms with Crippen molar-refractivity contribution in [3.8, 4) is 5.75 Å². The maximum absolute atomic E-state index is 12.1. The number of nitrogens with one attached hydrogen (secondary N) is 1. The van der Waals surface area contributed by atoms with E-state index in [9.17, 15) is 9.59 Å². The molecular weight excluding hydrogens is 306 g/mol. The Kier molecular flexibility index (Phi) is 5.51. The van der Waals surface area contributed by atoms with Crippen LogP contribution >= 0.6 is 0 Å². The molecule has 3 rings (SSSR count). The number of amides is 1. The van der Waals surface area contributed by atoms with Gasteiger partial charge >= 0.3 is 5.63 Å². The first kappa shape index (κ1) is 16.6. The Bertz CT molecular complexity index is 744. The van der Waals surface area contributed by atoms with E-state index in [2.05, 4.69) is 5.32 Å². The fourth-order valence-corrected chi connectivity index (χ4v) is 3.15. The largest absolute Gasteiger partial charge is 0.484 e. The molecule has 1 N–H and O–H groups in total. The van der Waals surface area contributed by atoms with Gasteiger partial charge in [0.25, 0.3) is 5.91 Å². The average Bonchev–Trinajstić information content (AvgIpc) is 2.55. The predicted octanol–water partition coefficient (Wildman–Crippen LogP) is 3.40. The van der Waals surface area contributed by atoms with Gasteiger partial charge in [-0.05, 0) is 31.0 Å². The lowest BCUT2D eigenvalue weighted by Crippen LogP contribution is -2.38. The van der Waals surface area contributed by atoms with Crippen LogP contribution in [0.5, 0.6) is 5.75 Å². The minimum absolute atomic E-state index is 0.0287. The van der Waals surface area contributed by atoms with Gasteiger partial charge in [-0.2, -0.15) is 0 Å². The van der Waals surface area contributed by atoms with Gasteiger partial charge in [0.15, 0.2) is 6.61 Å². The van der Waals surface area contributed by atoms with Gasteiger partial charge in [-0.25, -0.2) is 4.79 Å². The van der Waals surface area contributed by atoms with Crippen molar-refractivity contribution in [1.82, 2.24) is 5.32 Å². The Morgan fingerprint density at radius 2 is 1.79 bits per heavy atom. The van der Waals surface area contributed by atoms with Crippen molar-refractivity contribution in [2.24, 2.45) is 0 Å². The molecule has 128 valence electrons. The molecule has 5 nitrogen and oxygen atoms in total. The Morgan fingerprint density at radius 3 is 2.58 bits per heavy atom. The number of ether oxygens (including phenoxy) is 1. The summed E-state index contributed by atoms with van der Waals surface area (Å²) in [5, 5.41) is 3.89. The van der Waals surface area contributed by atoms with Crippen molar-refractivity contribution in [1.29, 1.82) is 0 Å². The summed E-state index contributed by atoms with van der Waals surface area (Å²) in [5.41, 5.74) is 0.0575. The molecule has 5 heteroatoms. The molecule has 1 amide bonds. The minimum Gasteiger partial charge on any atom is -0.484 e. The summed E-state index contributed by atoms with van der Waals surface area (Å²) < 4.78 is 10.7. The summed E-state index contributed by atoms with van der Waals surface area (Å²) >= 11 is 0. The highest BCUT2D eigenvalue weighted by Crippen LogP contribution is 2.20. The lowest BCUT2D eigenvalue weighted by molar-refractivity contribution is -0.123. The number of carbonyl (C=O) groups excluding carboxylic acids is 1. The Hall–Kier alpha value is -2.30. The molecule has 0 unspecified atom stereocenters. The number of hydrogen-bond donors (Lipinski definition) is 1. The molecule has 0 bridgehead atoms. The number of hydrogen-bond acceptors (Lipinski definition) is 4. The van der Waals surface area contributed by atoms with Crippen LogP contribution in [0.25, 0.3) is 11.0 Å². The fourth-order valence-electron chi connectivity index (χ4n) is 3.15. The Balaban J connectivity index is 1.54. The molecule has 2 aromatic rings. The van der Waals surface area contributed by atoms with E-state index in [4.69, 9.17) is 9.15 Å².